The van der Waals surface area contributed by atoms with Crippen LogP contribution in [0.5, 0.6) is 0 Å². The first-order valence-corrected chi connectivity index (χ1v) is 11.2. The zero-order chi connectivity index (χ0) is 25.8. The molecule has 3 amide bonds. The molecular formula is C24H38N2O8. The number of imide groups is 1. The highest BCUT2D eigenvalue weighted by Gasteiger charge is 2.26. The second-order valence-corrected chi connectivity index (χ2v) is 9.63. The van der Waals surface area contributed by atoms with Crippen LogP contribution in [0.25, 0.3) is 0 Å². The summed E-state index contributed by atoms with van der Waals surface area (Å²) >= 11 is 0. The zero-order valence-electron chi connectivity index (χ0n) is 20.9. The average molecular weight is 483 g/mol. The van der Waals surface area contributed by atoms with Gasteiger partial charge in [-0.05, 0) is 0 Å². The van der Waals surface area contributed by atoms with Crippen molar-refractivity contribution in [3.8, 4) is 0 Å². The Morgan fingerprint density at radius 3 is 2.15 bits per heavy atom. The standard InChI is InChI=1S/C24H38N2O8/c1-7-18(22(30)31-6)34-17-24(4,5)16-33-15-23(2,3)14-32-13-11-25-19(27)10-12-26-20(28)8-9-21(26)29/h7-9,18H,1,10-17H2,2-6H3,(H,25,27)/t18-/m0/s1. The van der Waals surface area contributed by atoms with Crippen LogP contribution in [0.15, 0.2) is 24.8 Å². The molecule has 0 saturated carbocycles. The normalized spacial score (nSPS) is 14.9. The summed E-state index contributed by atoms with van der Waals surface area (Å²) in [4.78, 5) is 47.4. The number of ether oxygens (including phenoxy) is 4. The van der Waals surface area contributed by atoms with Crippen molar-refractivity contribution in [1.82, 2.24) is 10.2 Å². The van der Waals surface area contributed by atoms with Crippen molar-refractivity contribution in [2.24, 2.45) is 10.8 Å². The number of rotatable bonds is 17. The van der Waals surface area contributed by atoms with Gasteiger partial charge in [0.1, 0.15) is 0 Å². The molecule has 10 nitrogen and oxygen atoms in total. The first-order valence-electron chi connectivity index (χ1n) is 11.2. The van der Waals surface area contributed by atoms with Crippen LogP contribution in [0.3, 0.4) is 0 Å². The quantitative estimate of drug-likeness (QED) is 0.142. The SMILES string of the molecule is C=C[C@H](OCC(C)(C)COCC(C)(C)COCCNC(=O)CCN1C(=O)C=CC1=O)C(=O)OC. The summed E-state index contributed by atoms with van der Waals surface area (Å²) < 4.78 is 21.8. The number of carbonyl (C=O) groups is 4. The van der Waals surface area contributed by atoms with Crippen molar-refractivity contribution in [2.45, 2.75) is 40.2 Å². The fraction of sp³-hybridized carbons (Fsp3) is 0.667. The molecule has 1 atom stereocenters. The molecule has 0 spiro atoms. The Kier molecular flexibility index (Phi) is 12.1. The van der Waals surface area contributed by atoms with Gasteiger partial charge in [-0.3, -0.25) is 19.3 Å². The lowest BCUT2D eigenvalue weighted by Crippen LogP contribution is -2.36. The fourth-order valence-electron chi connectivity index (χ4n) is 2.92. The average Bonchev–Trinajstić information content (AvgIpc) is 3.08. The molecule has 0 aromatic heterocycles. The predicted molar refractivity (Wildman–Crippen MR) is 125 cm³/mol. The minimum Gasteiger partial charge on any atom is -0.467 e. The summed E-state index contributed by atoms with van der Waals surface area (Å²) in [5, 5.41) is 2.71. The van der Waals surface area contributed by atoms with E-state index in [9.17, 15) is 19.2 Å². The highest BCUT2D eigenvalue weighted by Crippen LogP contribution is 2.21. The van der Waals surface area contributed by atoms with Gasteiger partial charge in [-0.15, -0.1) is 0 Å². The van der Waals surface area contributed by atoms with E-state index in [1.807, 2.05) is 27.7 Å². The topological polar surface area (TPSA) is 120 Å². The van der Waals surface area contributed by atoms with Crippen LogP contribution < -0.4 is 5.32 Å². The van der Waals surface area contributed by atoms with Crippen molar-refractivity contribution < 1.29 is 38.1 Å². The molecule has 1 heterocycles. The second-order valence-electron chi connectivity index (χ2n) is 9.63. The summed E-state index contributed by atoms with van der Waals surface area (Å²) in [6.45, 7) is 13.9. The molecule has 192 valence electrons. The van der Waals surface area contributed by atoms with Gasteiger partial charge < -0.3 is 24.3 Å². The van der Waals surface area contributed by atoms with E-state index in [-0.39, 0.29) is 29.7 Å². The maximum Gasteiger partial charge on any atom is 0.339 e. The maximum absolute atomic E-state index is 11.9. The number of carbonyl (C=O) groups excluding carboxylic acids is 4. The number of methoxy groups -OCH3 is 1. The highest BCUT2D eigenvalue weighted by atomic mass is 16.6. The van der Waals surface area contributed by atoms with E-state index in [1.165, 1.54) is 25.3 Å². The molecule has 0 unspecified atom stereocenters. The van der Waals surface area contributed by atoms with E-state index in [4.69, 9.17) is 14.2 Å². The van der Waals surface area contributed by atoms with E-state index in [0.29, 0.717) is 39.6 Å². The molecule has 1 aliphatic rings. The van der Waals surface area contributed by atoms with Crippen molar-refractivity contribution in [1.29, 1.82) is 0 Å². The largest absolute Gasteiger partial charge is 0.467 e. The molecule has 0 radical (unpaired) electrons. The van der Waals surface area contributed by atoms with Gasteiger partial charge in [0, 0.05) is 42.5 Å². The summed E-state index contributed by atoms with van der Waals surface area (Å²) in [6.07, 6.45) is 3.02. The van der Waals surface area contributed by atoms with E-state index >= 15 is 0 Å². The second kappa shape index (κ2) is 14.0. The molecule has 0 aliphatic carbocycles. The molecule has 0 saturated heterocycles. The molecule has 34 heavy (non-hydrogen) atoms. The van der Waals surface area contributed by atoms with Crippen LogP contribution in [0.2, 0.25) is 0 Å². The lowest BCUT2D eigenvalue weighted by atomic mass is 9.94. The van der Waals surface area contributed by atoms with Gasteiger partial charge in [-0.1, -0.05) is 40.3 Å². The number of esters is 1. The molecule has 0 aromatic rings. The Hall–Kier alpha value is -2.56. The highest BCUT2D eigenvalue weighted by molar-refractivity contribution is 6.13. The van der Waals surface area contributed by atoms with Crippen LogP contribution in [0.1, 0.15) is 34.1 Å². The molecule has 0 fully saturated rings. The van der Waals surface area contributed by atoms with Gasteiger partial charge in [0.05, 0.1) is 40.1 Å². The molecule has 10 heteroatoms. The summed E-state index contributed by atoms with van der Waals surface area (Å²) in [6, 6.07) is 0. The van der Waals surface area contributed by atoms with Gasteiger partial charge in [-0.2, -0.15) is 0 Å². The van der Waals surface area contributed by atoms with Gasteiger partial charge in [0.25, 0.3) is 11.8 Å². The van der Waals surface area contributed by atoms with E-state index in [1.54, 1.807) is 0 Å². The van der Waals surface area contributed by atoms with E-state index in [0.717, 1.165) is 4.90 Å². The Balaban J connectivity index is 2.18. The third-order valence-corrected chi connectivity index (χ3v) is 4.81. The Labute approximate surface area is 201 Å². The van der Waals surface area contributed by atoms with Crippen molar-refractivity contribution in [2.75, 3.05) is 53.2 Å². The van der Waals surface area contributed by atoms with Gasteiger partial charge in [0.15, 0.2) is 6.10 Å². The molecule has 1 aliphatic heterocycles. The lowest BCUT2D eigenvalue weighted by Gasteiger charge is -2.29. The van der Waals surface area contributed by atoms with E-state index < -0.39 is 23.9 Å². The van der Waals surface area contributed by atoms with Crippen LogP contribution in [0, 0.1) is 10.8 Å². The Morgan fingerprint density at radius 2 is 1.59 bits per heavy atom. The van der Waals surface area contributed by atoms with Crippen LogP contribution in [0.4, 0.5) is 0 Å². The van der Waals surface area contributed by atoms with Crippen LogP contribution >= 0.6 is 0 Å². The first-order chi connectivity index (χ1) is 15.9. The van der Waals surface area contributed by atoms with Crippen LogP contribution in [-0.4, -0.2) is 87.9 Å². The molecular weight excluding hydrogens is 444 g/mol. The number of nitrogens with zero attached hydrogens (tertiary/aromatic N) is 1. The molecule has 0 bridgehead atoms. The number of hydrogen-bond acceptors (Lipinski definition) is 8. The minimum atomic E-state index is -0.809. The van der Waals surface area contributed by atoms with Crippen molar-refractivity contribution in [3.05, 3.63) is 24.8 Å². The molecule has 1 rings (SSSR count). The van der Waals surface area contributed by atoms with Crippen LogP contribution in [-0.2, 0) is 38.1 Å². The molecule has 0 aromatic carbocycles. The number of amides is 3. The van der Waals surface area contributed by atoms with Gasteiger partial charge >= 0.3 is 5.97 Å². The molecule has 1 N–H and O–H groups in total. The summed E-state index contributed by atoms with van der Waals surface area (Å²) in [5.41, 5.74) is -0.572. The summed E-state index contributed by atoms with van der Waals surface area (Å²) in [5.74, 6) is -1.54. The lowest BCUT2D eigenvalue weighted by molar-refractivity contribution is -0.153. The monoisotopic (exact) mass is 482 g/mol. The van der Waals surface area contributed by atoms with Gasteiger partial charge in [0.2, 0.25) is 5.91 Å². The first kappa shape index (κ1) is 29.5. The number of hydrogen-bond donors (Lipinski definition) is 1. The third-order valence-electron chi connectivity index (χ3n) is 4.81. The Morgan fingerprint density at radius 1 is 1.03 bits per heavy atom. The zero-order valence-corrected chi connectivity index (χ0v) is 20.9. The smallest absolute Gasteiger partial charge is 0.339 e. The van der Waals surface area contributed by atoms with E-state index in [2.05, 4.69) is 16.6 Å². The Bertz CT molecular complexity index is 742. The van der Waals surface area contributed by atoms with Crippen molar-refractivity contribution in [3.63, 3.8) is 0 Å². The fourth-order valence-corrected chi connectivity index (χ4v) is 2.92. The summed E-state index contributed by atoms with van der Waals surface area (Å²) in [7, 11) is 1.30. The predicted octanol–water partition coefficient (Wildman–Crippen LogP) is 1.25. The third kappa shape index (κ3) is 11.0. The number of nitrogens with one attached hydrogen (secondary N) is 1. The minimum absolute atomic E-state index is 0.0468. The van der Waals surface area contributed by atoms with Gasteiger partial charge in [-0.25, -0.2) is 4.79 Å². The van der Waals surface area contributed by atoms with Crippen molar-refractivity contribution >= 4 is 23.7 Å². The maximum atomic E-state index is 11.9.